The van der Waals surface area contributed by atoms with Crippen molar-refractivity contribution in [1.82, 2.24) is 19.9 Å². The van der Waals surface area contributed by atoms with Gasteiger partial charge < -0.3 is 9.88 Å². The average Bonchev–Trinajstić information content (AvgIpc) is 2.69. The van der Waals surface area contributed by atoms with Crippen LogP contribution >= 0.6 is 0 Å². The Morgan fingerprint density at radius 2 is 2.24 bits per heavy atom. The van der Waals surface area contributed by atoms with Crippen molar-refractivity contribution in [3.63, 3.8) is 0 Å². The predicted molar refractivity (Wildman–Crippen MR) is 70.1 cm³/mol. The second-order valence-corrected chi connectivity index (χ2v) is 4.15. The third-order valence-electron chi connectivity index (χ3n) is 2.85. The third kappa shape index (κ3) is 2.64. The minimum atomic E-state index is 0.975. The van der Waals surface area contributed by atoms with E-state index in [2.05, 4.69) is 39.8 Å². The molecular formula is C13H20N4. The maximum absolute atomic E-state index is 4.66. The maximum Gasteiger partial charge on any atom is 0.111 e. The van der Waals surface area contributed by atoms with E-state index in [9.17, 15) is 0 Å². The van der Waals surface area contributed by atoms with Gasteiger partial charge in [0.2, 0.25) is 0 Å². The van der Waals surface area contributed by atoms with Gasteiger partial charge in [0.25, 0.3) is 0 Å². The summed E-state index contributed by atoms with van der Waals surface area (Å²) in [4.78, 5) is 8.80. The number of likely N-dealkylation sites (N-methyl/N-ethyl adjacent to an activating group) is 1. The van der Waals surface area contributed by atoms with Crippen LogP contribution < -0.4 is 5.32 Å². The molecule has 0 saturated carbocycles. The fourth-order valence-corrected chi connectivity index (χ4v) is 2.07. The first-order valence-corrected chi connectivity index (χ1v) is 6.36. The summed E-state index contributed by atoms with van der Waals surface area (Å²) in [5.74, 6) is 1.16. The molecule has 0 fully saturated rings. The molecule has 0 aliphatic carbocycles. The molecule has 0 radical (unpaired) electrons. The molecule has 0 amide bonds. The van der Waals surface area contributed by atoms with E-state index in [1.807, 2.05) is 12.4 Å². The van der Waals surface area contributed by atoms with Gasteiger partial charge in [-0.1, -0.05) is 13.8 Å². The summed E-state index contributed by atoms with van der Waals surface area (Å²) in [5, 5.41) is 3.34. The molecule has 4 nitrogen and oxygen atoms in total. The van der Waals surface area contributed by atoms with Crippen LogP contribution in [0.5, 0.6) is 0 Å². The molecule has 4 heteroatoms. The standard InChI is InChI=1S/C13H20N4/c1-3-9-17-12-5-7-15-10-11(12)16-13(17)6-8-14-4-2/h5,7,10,14H,3-4,6,8-9H2,1-2H3. The van der Waals surface area contributed by atoms with Crippen LogP contribution in [-0.4, -0.2) is 27.6 Å². The Morgan fingerprint density at radius 1 is 1.35 bits per heavy atom. The van der Waals surface area contributed by atoms with Crippen LogP contribution in [-0.2, 0) is 13.0 Å². The van der Waals surface area contributed by atoms with Crippen LogP contribution in [0.1, 0.15) is 26.1 Å². The summed E-state index contributed by atoms with van der Waals surface area (Å²) < 4.78 is 2.31. The second-order valence-electron chi connectivity index (χ2n) is 4.15. The number of rotatable bonds is 6. The lowest BCUT2D eigenvalue weighted by Gasteiger charge is -2.07. The van der Waals surface area contributed by atoms with Crippen molar-refractivity contribution in [2.75, 3.05) is 13.1 Å². The number of pyridine rings is 1. The number of nitrogens with zero attached hydrogens (tertiary/aromatic N) is 3. The Bertz CT molecular complexity index is 475. The first-order valence-electron chi connectivity index (χ1n) is 6.36. The number of aromatic nitrogens is 3. The zero-order chi connectivity index (χ0) is 12.1. The second kappa shape index (κ2) is 5.77. The topological polar surface area (TPSA) is 42.7 Å². The highest BCUT2D eigenvalue weighted by atomic mass is 15.1. The van der Waals surface area contributed by atoms with E-state index < -0.39 is 0 Å². The lowest BCUT2D eigenvalue weighted by Crippen LogP contribution is -2.18. The van der Waals surface area contributed by atoms with Gasteiger partial charge in [0.1, 0.15) is 11.3 Å². The first kappa shape index (κ1) is 12.0. The number of hydrogen-bond donors (Lipinski definition) is 1. The summed E-state index contributed by atoms with van der Waals surface area (Å²) in [7, 11) is 0. The Morgan fingerprint density at radius 3 is 3.00 bits per heavy atom. The van der Waals surface area contributed by atoms with Gasteiger partial charge in [-0.05, 0) is 19.0 Å². The Balaban J connectivity index is 2.29. The largest absolute Gasteiger partial charge is 0.328 e. The smallest absolute Gasteiger partial charge is 0.111 e. The zero-order valence-electron chi connectivity index (χ0n) is 10.6. The Labute approximate surface area is 102 Å². The molecular weight excluding hydrogens is 212 g/mol. The summed E-state index contributed by atoms with van der Waals surface area (Å²) in [6.45, 7) is 7.34. The lowest BCUT2D eigenvalue weighted by molar-refractivity contribution is 0.625. The fourth-order valence-electron chi connectivity index (χ4n) is 2.07. The van der Waals surface area contributed by atoms with Gasteiger partial charge in [0.15, 0.2) is 0 Å². The van der Waals surface area contributed by atoms with Gasteiger partial charge >= 0.3 is 0 Å². The van der Waals surface area contributed by atoms with Crippen LogP contribution in [0.2, 0.25) is 0 Å². The molecule has 0 bridgehead atoms. The summed E-state index contributed by atoms with van der Waals surface area (Å²) in [5.41, 5.74) is 2.21. The fraction of sp³-hybridized carbons (Fsp3) is 0.538. The zero-order valence-corrected chi connectivity index (χ0v) is 10.6. The molecule has 2 rings (SSSR count). The summed E-state index contributed by atoms with van der Waals surface area (Å²) >= 11 is 0. The molecule has 0 aromatic carbocycles. The molecule has 17 heavy (non-hydrogen) atoms. The Hall–Kier alpha value is -1.42. The Kier molecular flexibility index (Phi) is 4.09. The van der Waals surface area contributed by atoms with Crippen molar-refractivity contribution >= 4 is 11.0 Å². The van der Waals surface area contributed by atoms with Crippen LogP contribution in [0.3, 0.4) is 0 Å². The highest BCUT2D eigenvalue weighted by molar-refractivity contribution is 5.74. The van der Waals surface area contributed by atoms with Crippen molar-refractivity contribution in [2.45, 2.75) is 33.2 Å². The van der Waals surface area contributed by atoms with Crippen LogP contribution in [0.15, 0.2) is 18.5 Å². The summed E-state index contributed by atoms with van der Waals surface area (Å²) in [6, 6.07) is 2.05. The van der Waals surface area contributed by atoms with Gasteiger partial charge in [-0.3, -0.25) is 4.98 Å². The van der Waals surface area contributed by atoms with Gasteiger partial charge in [-0.2, -0.15) is 0 Å². The van der Waals surface area contributed by atoms with Gasteiger partial charge in [0, 0.05) is 25.7 Å². The van der Waals surface area contributed by atoms with E-state index in [0.29, 0.717) is 0 Å². The highest BCUT2D eigenvalue weighted by Crippen LogP contribution is 2.15. The van der Waals surface area contributed by atoms with Crippen LogP contribution in [0.25, 0.3) is 11.0 Å². The van der Waals surface area contributed by atoms with Crippen LogP contribution in [0.4, 0.5) is 0 Å². The van der Waals surface area contributed by atoms with Gasteiger partial charge in [0.05, 0.1) is 11.7 Å². The van der Waals surface area contributed by atoms with Gasteiger partial charge in [-0.25, -0.2) is 4.98 Å². The SMILES string of the molecule is CCCn1c(CCNCC)nc2cnccc21. The molecule has 1 N–H and O–H groups in total. The monoisotopic (exact) mass is 232 g/mol. The molecule has 92 valence electrons. The average molecular weight is 232 g/mol. The number of aryl methyl sites for hydroxylation is 1. The minimum Gasteiger partial charge on any atom is -0.328 e. The molecule has 2 heterocycles. The lowest BCUT2D eigenvalue weighted by atomic mass is 10.3. The van der Waals surface area contributed by atoms with E-state index in [1.54, 1.807) is 0 Å². The van der Waals surface area contributed by atoms with Crippen molar-refractivity contribution in [2.24, 2.45) is 0 Å². The van der Waals surface area contributed by atoms with Gasteiger partial charge in [-0.15, -0.1) is 0 Å². The first-order chi connectivity index (χ1) is 8.36. The number of fused-ring (bicyclic) bond motifs is 1. The molecule has 0 unspecified atom stereocenters. The summed E-state index contributed by atoms with van der Waals surface area (Å²) in [6.07, 6.45) is 5.78. The number of imidazole rings is 1. The number of nitrogens with one attached hydrogen (secondary N) is 1. The third-order valence-corrected chi connectivity index (χ3v) is 2.85. The van der Waals surface area contributed by atoms with Crippen molar-refractivity contribution in [3.8, 4) is 0 Å². The highest BCUT2D eigenvalue weighted by Gasteiger charge is 2.09. The van der Waals surface area contributed by atoms with E-state index in [1.165, 1.54) is 5.52 Å². The predicted octanol–water partition coefficient (Wildman–Crippen LogP) is 1.99. The number of hydrogen-bond acceptors (Lipinski definition) is 3. The molecule has 0 atom stereocenters. The van der Waals surface area contributed by atoms with Crippen LogP contribution in [0, 0.1) is 0 Å². The molecule has 0 aliphatic heterocycles. The molecule has 2 aromatic heterocycles. The van der Waals surface area contributed by atoms with Crippen molar-refractivity contribution in [3.05, 3.63) is 24.3 Å². The van der Waals surface area contributed by atoms with E-state index in [-0.39, 0.29) is 0 Å². The molecule has 0 spiro atoms. The quantitative estimate of drug-likeness (QED) is 0.775. The molecule has 0 aliphatic rings. The van der Waals surface area contributed by atoms with Crippen molar-refractivity contribution in [1.29, 1.82) is 0 Å². The van der Waals surface area contributed by atoms with E-state index in [4.69, 9.17) is 0 Å². The molecule has 2 aromatic rings. The minimum absolute atomic E-state index is 0.975. The molecule has 0 saturated heterocycles. The van der Waals surface area contributed by atoms with E-state index >= 15 is 0 Å². The van der Waals surface area contributed by atoms with Crippen molar-refractivity contribution < 1.29 is 0 Å². The maximum atomic E-state index is 4.66. The normalized spacial score (nSPS) is 11.2. The van der Waals surface area contributed by atoms with E-state index in [0.717, 1.165) is 43.8 Å².